The van der Waals surface area contributed by atoms with Crippen LogP contribution in [0.5, 0.6) is 0 Å². The lowest BCUT2D eigenvalue weighted by molar-refractivity contribution is -0.155. The Balaban J connectivity index is 1.46. The summed E-state index contributed by atoms with van der Waals surface area (Å²) >= 11 is 3.41. The summed E-state index contributed by atoms with van der Waals surface area (Å²) in [6.07, 6.45) is -7.84. The Hall–Kier alpha value is -3.52. The molecule has 2 fully saturated rings. The van der Waals surface area contributed by atoms with E-state index in [9.17, 15) is 31.1 Å². The van der Waals surface area contributed by atoms with Crippen molar-refractivity contribution in [1.82, 2.24) is 20.1 Å². The van der Waals surface area contributed by atoms with Crippen LogP contribution in [-0.4, -0.2) is 72.3 Å². The third-order valence-electron chi connectivity index (χ3n) is 8.97. The van der Waals surface area contributed by atoms with Crippen molar-refractivity contribution in [3.05, 3.63) is 99.5 Å². The third kappa shape index (κ3) is 7.69. The van der Waals surface area contributed by atoms with Crippen molar-refractivity contribution in [3.8, 4) is 11.3 Å². The van der Waals surface area contributed by atoms with Crippen LogP contribution in [0.4, 0.5) is 26.3 Å². The molecule has 1 aromatic heterocycles. The van der Waals surface area contributed by atoms with Crippen LogP contribution >= 0.6 is 15.9 Å². The summed E-state index contributed by atoms with van der Waals surface area (Å²) in [7, 11) is 0. The first kappa shape index (κ1) is 34.3. The van der Waals surface area contributed by atoms with Gasteiger partial charge in [0.2, 0.25) is 0 Å². The van der Waals surface area contributed by atoms with Crippen molar-refractivity contribution in [1.29, 1.82) is 0 Å². The molecular formula is C35H33BrF6N4O2. The van der Waals surface area contributed by atoms with E-state index in [-0.39, 0.29) is 45.4 Å². The van der Waals surface area contributed by atoms with Crippen molar-refractivity contribution in [2.24, 2.45) is 0 Å². The van der Waals surface area contributed by atoms with Crippen LogP contribution in [0, 0.1) is 0 Å². The minimum atomic E-state index is -4.83. The summed E-state index contributed by atoms with van der Waals surface area (Å²) in [5.74, 6) is -1.00. The lowest BCUT2D eigenvalue weighted by Crippen LogP contribution is -2.48. The first-order chi connectivity index (χ1) is 22.9. The fourth-order valence-electron chi connectivity index (χ4n) is 6.58. The number of fused-ring (bicyclic) bond motifs is 1. The molecule has 2 saturated heterocycles. The number of morpholine rings is 1. The number of hydrogen-bond donors (Lipinski definition) is 1. The fraction of sp³-hybridized carbons (Fsp3) is 0.371. The molecule has 0 aliphatic carbocycles. The Bertz CT molecular complexity index is 1750. The molecule has 13 heteroatoms. The second-order valence-corrected chi connectivity index (χ2v) is 13.0. The van der Waals surface area contributed by atoms with Crippen molar-refractivity contribution >= 4 is 32.7 Å². The van der Waals surface area contributed by atoms with Gasteiger partial charge < -0.3 is 10.1 Å². The number of rotatable bonds is 7. The number of alkyl halides is 6. The second-order valence-electron chi connectivity index (χ2n) is 12.1. The standard InChI is InChI=1S/C35H33BrF6N4O2/c36-25-9-10-29-27(20-25)30(33(47)44-32(35(40,41)42)22-5-2-1-3-6-22)28(31(43-29)23-7-4-8-24(19-23)34(37,38)39)21-45-13-11-26(12-14-45)46-15-17-48-18-16-46/h1-10,19-20,26,32H,11-18,21H2,(H,44,47)/t32-/m1/s1. The summed E-state index contributed by atoms with van der Waals surface area (Å²) in [5.41, 5.74) is -0.374. The molecule has 0 unspecified atom stereocenters. The number of nitrogens with one attached hydrogen (secondary N) is 1. The number of carbonyl (C=O) groups is 1. The summed E-state index contributed by atoms with van der Waals surface area (Å²) in [5, 5.41) is 2.50. The molecule has 254 valence electrons. The van der Waals surface area contributed by atoms with E-state index in [1.165, 1.54) is 36.4 Å². The molecule has 2 aliphatic heterocycles. The smallest absolute Gasteiger partial charge is 0.379 e. The summed E-state index contributed by atoms with van der Waals surface area (Å²) in [6, 6.07) is 14.6. The number of benzene rings is 3. The molecule has 0 saturated carbocycles. The molecule has 0 radical (unpaired) electrons. The summed E-state index contributed by atoms with van der Waals surface area (Å²) in [6.45, 7) is 4.34. The van der Waals surface area contributed by atoms with Gasteiger partial charge in [0.1, 0.15) is 0 Å². The van der Waals surface area contributed by atoms with Crippen LogP contribution in [-0.2, 0) is 17.5 Å². The van der Waals surface area contributed by atoms with Crippen molar-refractivity contribution in [2.45, 2.75) is 43.8 Å². The van der Waals surface area contributed by atoms with E-state index in [0.29, 0.717) is 36.8 Å². The molecule has 1 amide bonds. The largest absolute Gasteiger partial charge is 0.416 e. The molecule has 3 heterocycles. The Kier molecular flexibility index (Phi) is 10.1. The Morgan fingerprint density at radius 1 is 0.917 bits per heavy atom. The van der Waals surface area contributed by atoms with Crippen molar-refractivity contribution in [3.63, 3.8) is 0 Å². The minimum Gasteiger partial charge on any atom is -0.379 e. The van der Waals surface area contributed by atoms with Gasteiger partial charge in [-0.15, -0.1) is 0 Å². The van der Waals surface area contributed by atoms with Gasteiger partial charge in [0.25, 0.3) is 5.91 Å². The van der Waals surface area contributed by atoms with Gasteiger partial charge in [0, 0.05) is 46.7 Å². The molecule has 0 spiro atoms. The number of ether oxygens (including phenoxy) is 1. The summed E-state index contributed by atoms with van der Waals surface area (Å²) < 4.78 is 91.0. The zero-order chi connectivity index (χ0) is 34.1. The molecular weight excluding hydrogens is 702 g/mol. The number of piperidine rings is 1. The van der Waals surface area contributed by atoms with E-state index >= 15 is 0 Å². The highest BCUT2D eigenvalue weighted by atomic mass is 79.9. The lowest BCUT2D eigenvalue weighted by Gasteiger charge is -2.40. The molecule has 1 N–H and O–H groups in total. The van der Waals surface area contributed by atoms with Crippen LogP contribution in [0.1, 0.15) is 45.9 Å². The van der Waals surface area contributed by atoms with Gasteiger partial charge in [0.05, 0.1) is 35.6 Å². The van der Waals surface area contributed by atoms with Gasteiger partial charge in [-0.2, -0.15) is 26.3 Å². The highest BCUT2D eigenvalue weighted by Crippen LogP contribution is 2.38. The van der Waals surface area contributed by atoms with Crippen LogP contribution in [0.2, 0.25) is 0 Å². The van der Waals surface area contributed by atoms with Crippen LogP contribution in [0.15, 0.2) is 77.3 Å². The van der Waals surface area contributed by atoms with Gasteiger partial charge in [-0.3, -0.25) is 14.6 Å². The average Bonchev–Trinajstić information content (AvgIpc) is 3.07. The van der Waals surface area contributed by atoms with E-state index in [0.717, 1.165) is 38.1 Å². The van der Waals surface area contributed by atoms with Crippen LogP contribution in [0.3, 0.4) is 0 Å². The number of carbonyl (C=O) groups excluding carboxylic acids is 1. The maximum atomic E-state index is 14.5. The maximum absolute atomic E-state index is 14.5. The molecule has 0 bridgehead atoms. The number of aromatic nitrogens is 1. The highest BCUT2D eigenvalue weighted by Gasteiger charge is 2.42. The molecule has 2 aliphatic rings. The number of pyridine rings is 1. The first-order valence-electron chi connectivity index (χ1n) is 15.6. The highest BCUT2D eigenvalue weighted by molar-refractivity contribution is 9.10. The van der Waals surface area contributed by atoms with Gasteiger partial charge in [0.15, 0.2) is 6.04 Å². The van der Waals surface area contributed by atoms with E-state index in [2.05, 4.69) is 31.0 Å². The molecule has 6 rings (SSSR count). The zero-order valence-corrected chi connectivity index (χ0v) is 27.3. The lowest BCUT2D eigenvalue weighted by atomic mass is 9.93. The predicted molar refractivity (Wildman–Crippen MR) is 173 cm³/mol. The van der Waals surface area contributed by atoms with Crippen molar-refractivity contribution < 1.29 is 35.9 Å². The van der Waals surface area contributed by atoms with E-state index in [4.69, 9.17) is 9.72 Å². The van der Waals surface area contributed by atoms with Gasteiger partial charge in [-0.1, -0.05) is 58.4 Å². The molecule has 6 nitrogen and oxygen atoms in total. The maximum Gasteiger partial charge on any atom is 0.416 e. The predicted octanol–water partition coefficient (Wildman–Crippen LogP) is 8.01. The number of hydrogen-bond acceptors (Lipinski definition) is 5. The quantitative estimate of drug-likeness (QED) is 0.195. The van der Waals surface area contributed by atoms with E-state index in [1.807, 2.05) is 0 Å². The monoisotopic (exact) mass is 734 g/mol. The van der Waals surface area contributed by atoms with Gasteiger partial charge in [-0.05, 0) is 61.8 Å². The topological polar surface area (TPSA) is 57.7 Å². The first-order valence-corrected chi connectivity index (χ1v) is 16.4. The molecule has 3 aromatic carbocycles. The van der Waals surface area contributed by atoms with Crippen LogP contribution in [0.25, 0.3) is 22.2 Å². The molecule has 48 heavy (non-hydrogen) atoms. The summed E-state index contributed by atoms with van der Waals surface area (Å²) in [4.78, 5) is 23.5. The van der Waals surface area contributed by atoms with E-state index < -0.39 is 29.9 Å². The molecule has 1 atom stereocenters. The minimum absolute atomic E-state index is 0.0609. The van der Waals surface area contributed by atoms with Crippen molar-refractivity contribution in [2.75, 3.05) is 39.4 Å². The number of amides is 1. The van der Waals surface area contributed by atoms with E-state index in [1.54, 1.807) is 24.3 Å². The zero-order valence-electron chi connectivity index (χ0n) is 25.8. The normalized spacial score (nSPS) is 17.8. The number of nitrogens with zero attached hydrogens (tertiary/aromatic N) is 3. The SMILES string of the molecule is O=C(N[C@H](c1ccccc1)C(F)(F)F)c1c(CN2CCC(N3CCOCC3)CC2)c(-c2cccc(C(F)(F)F)c2)nc2ccc(Br)cc12. The Morgan fingerprint density at radius 2 is 1.62 bits per heavy atom. The van der Waals surface area contributed by atoms with Gasteiger partial charge in [-0.25, -0.2) is 4.98 Å². The average molecular weight is 736 g/mol. The third-order valence-corrected chi connectivity index (χ3v) is 9.47. The van der Waals surface area contributed by atoms with Gasteiger partial charge >= 0.3 is 12.4 Å². The Labute approximate surface area is 282 Å². The number of halogens is 7. The fourth-order valence-corrected chi connectivity index (χ4v) is 6.94. The number of likely N-dealkylation sites (tertiary alicyclic amines) is 1. The Morgan fingerprint density at radius 3 is 2.29 bits per heavy atom. The second kappa shape index (κ2) is 14.1. The molecule has 4 aromatic rings. The van der Waals surface area contributed by atoms with Crippen LogP contribution < -0.4 is 5.32 Å².